The zero-order chi connectivity index (χ0) is 31.5. The number of ether oxygens (including phenoxy) is 3. The van der Waals surface area contributed by atoms with Gasteiger partial charge in [-0.25, -0.2) is 9.79 Å². The number of halogens is 1. The molecule has 0 spiro atoms. The Morgan fingerprint density at radius 3 is 2.53 bits per heavy atom. The summed E-state index contributed by atoms with van der Waals surface area (Å²) in [5, 5.41) is 2.73. The van der Waals surface area contributed by atoms with Crippen LogP contribution < -0.4 is 24.4 Å². The first-order valence-corrected chi connectivity index (χ1v) is 15.9. The molecule has 0 N–H and O–H groups in total. The molecule has 0 radical (unpaired) electrons. The molecule has 1 aliphatic rings. The summed E-state index contributed by atoms with van der Waals surface area (Å²) in [6, 6.07) is 26.4. The molecule has 7 nitrogen and oxygen atoms in total. The van der Waals surface area contributed by atoms with E-state index >= 15 is 0 Å². The molecular weight excluding hydrogens is 608 g/mol. The van der Waals surface area contributed by atoms with E-state index in [1.165, 1.54) is 15.9 Å². The van der Waals surface area contributed by atoms with Crippen LogP contribution in [0.3, 0.4) is 0 Å². The monoisotopic (exact) mass is 638 g/mol. The molecule has 1 aliphatic heterocycles. The summed E-state index contributed by atoms with van der Waals surface area (Å²) in [4.78, 5) is 32.3. The van der Waals surface area contributed by atoms with E-state index in [0.29, 0.717) is 50.3 Å². The standard InChI is InChI=1S/C36H31ClN2O5S/c1-4-42-30-19-23(17-18-29(30)44-21-25-13-10-12-24-11-6-7-14-26(24)25)20-31-34(40)39-33(27-15-8-9-16-28(27)37)32(35(41)43-5-2)22(3)38-36(39)45-31/h6-20,33H,4-5,21H2,1-3H3/b31-20-/t33-/m0/s1. The average Bonchev–Trinajstić information content (AvgIpc) is 3.34. The summed E-state index contributed by atoms with van der Waals surface area (Å²) in [6.45, 7) is 6.42. The molecule has 0 amide bonds. The summed E-state index contributed by atoms with van der Waals surface area (Å²) in [5.74, 6) is 0.656. The van der Waals surface area contributed by atoms with Crippen molar-refractivity contribution < 1.29 is 19.0 Å². The maximum atomic E-state index is 14.0. The minimum absolute atomic E-state index is 0.194. The zero-order valence-corrected chi connectivity index (χ0v) is 26.7. The number of allylic oxidation sites excluding steroid dienone is 1. The van der Waals surface area contributed by atoms with Crippen LogP contribution in [0, 0.1) is 0 Å². The second-order valence-electron chi connectivity index (χ2n) is 10.4. The highest BCUT2D eigenvalue weighted by Crippen LogP contribution is 2.35. The smallest absolute Gasteiger partial charge is 0.338 e. The second-order valence-corrected chi connectivity index (χ2v) is 11.8. The molecule has 9 heteroatoms. The largest absolute Gasteiger partial charge is 0.490 e. The van der Waals surface area contributed by atoms with Gasteiger partial charge >= 0.3 is 5.97 Å². The third kappa shape index (κ3) is 6.03. The predicted molar refractivity (Wildman–Crippen MR) is 178 cm³/mol. The number of nitrogens with zero attached hydrogens (tertiary/aromatic N) is 2. The van der Waals surface area contributed by atoms with Crippen LogP contribution in [0.15, 0.2) is 106 Å². The van der Waals surface area contributed by atoms with E-state index < -0.39 is 12.0 Å². The Bertz CT molecular complexity index is 2130. The van der Waals surface area contributed by atoms with E-state index in [1.54, 1.807) is 26.0 Å². The fourth-order valence-electron chi connectivity index (χ4n) is 5.51. The highest BCUT2D eigenvalue weighted by atomic mass is 35.5. The van der Waals surface area contributed by atoms with Gasteiger partial charge in [0.25, 0.3) is 5.56 Å². The maximum absolute atomic E-state index is 14.0. The van der Waals surface area contributed by atoms with Crippen molar-refractivity contribution in [1.29, 1.82) is 0 Å². The number of rotatable bonds is 9. The van der Waals surface area contributed by atoms with Gasteiger partial charge in [0, 0.05) is 5.02 Å². The molecule has 4 aromatic carbocycles. The third-order valence-corrected chi connectivity index (χ3v) is 8.87. The first-order valence-electron chi connectivity index (χ1n) is 14.7. The van der Waals surface area contributed by atoms with Crippen LogP contribution in [0.4, 0.5) is 0 Å². The lowest BCUT2D eigenvalue weighted by Gasteiger charge is -2.25. The van der Waals surface area contributed by atoms with Gasteiger partial charge in [-0.3, -0.25) is 9.36 Å². The lowest BCUT2D eigenvalue weighted by atomic mass is 9.96. The number of aromatic nitrogens is 1. The van der Waals surface area contributed by atoms with Crippen molar-refractivity contribution in [2.75, 3.05) is 13.2 Å². The predicted octanol–water partition coefficient (Wildman–Crippen LogP) is 6.58. The van der Waals surface area contributed by atoms with Gasteiger partial charge in [0.2, 0.25) is 0 Å². The van der Waals surface area contributed by atoms with Gasteiger partial charge in [-0.15, -0.1) is 0 Å². The lowest BCUT2D eigenvalue weighted by Crippen LogP contribution is -2.40. The molecule has 45 heavy (non-hydrogen) atoms. The van der Waals surface area contributed by atoms with Crippen LogP contribution in [0.2, 0.25) is 5.02 Å². The molecule has 0 fully saturated rings. The van der Waals surface area contributed by atoms with Gasteiger partial charge in [-0.2, -0.15) is 0 Å². The fraction of sp³-hybridized carbons (Fsp3) is 0.194. The van der Waals surface area contributed by atoms with Crippen molar-refractivity contribution in [2.24, 2.45) is 4.99 Å². The molecule has 2 heterocycles. The van der Waals surface area contributed by atoms with Crippen molar-refractivity contribution in [3.05, 3.63) is 138 Å². The van der Waals surface area contributed by atoms with Gasteiger partial charge < -0.3 is 14.2 Å². The summed E-state index contributed by atoms with van der Waals surface area (Å²) >= 11 is 7.86. The van der Waals surface area contributed by atoms with Crippen LogP contribution in [-0.2, 0) is 16.1 Å². The summed E-state index contributed by atoms with van der Waals surface area (Å²) in [5.41, 5.74) is 2.94. The van der Waals surface area contributed by atoms with Gasteiger partial charge in [-0.1, -0.05) is 89.7 Å². The molecule has 0 saturated carbocycles. The van der Waals surface area contributed by atoms with E-state index in [9.17, 15) is 9.59 Å². The minimum atomic E-state index is -0.778. The first-order chi connectivity index (χ1) is 21.9. The molecule has 6 rings (SSSR count). The highest BCUT2D eigenvalue weighted by molar-refractivity contribution is 7.07. The molecule has 1 atom stereocenters. The lowest BCUT2D eigenvalue weighted by molar-refractivity contribution is -0.139. The van der Waals surface area contributed by atoms with E-state index in [-0.39, 0.29) is 17.7 Å². The van der Waals surface area contributed by atoms with E-state index in [4.69, 9.17) is 25.8 Å². The Kier molecular flexibility index (Phi) is 8.87. The molecule has 228 valence electrons. The summed E-state index contributed by atoms with van der Waals surface area (Å²) < 4.78 is 19.5. The normalized spacial score (nSPS) is 14.7. The highest BCUT2D eigenvalue weighted by Gasteiger charge is 2.34. The van der Waals surface area contributed by atoms with Crippen molar-refractivity contribution in [3.63, 3.8) is 0 Å². The second kappa shape index (κ2) is 13.1. The Morgan fingerprint density at radius 1 is 0.956 bits per heavy atom. The van der Waals surface area contributed by atoms with Crippen LogP contribution in [0.1, 0.15) is 43.5 Å². The minimum Gasteiger partial charge on any atom is -0.490 e. The van der Waals surface area contributed by atoms with E-state index in [0.717, 1.165) is 21.9 Å². The van der Waals surface area contributed by atoms with Crippen molar-refractivity contribution >= 4 is 45.8 Å². The quantitative estimate of drug-likeness (QED) is 0.170. The fourth-order valence-corrected chi connectivity index (χ4v) is 6.80. The molecule has 5 aromatic rings. The molecule has 0 aliphatic carbocycles. The van der Waals surface area contributed by atoms with Gasteiger partial charge in [0.15, 0.2) is 16.3 Å². The van der Waals surface area contributed by atoms with Crippen molar-refractivity contribution in [1.82, 2.24) is 4.57 Å². The topological polar surface area (TPSA) is 79.1 Å². The number of carbonyl (C=O) groups excluding carboxylic acids is 1. The number of thiazole rings is 1. The Balaban J connectivity index is 1.38. The number of hydrogen-bond acceptors (Lipinski definition) is 7. The Morgan fingerprint density at radius 2 is 1.73 bits per heavy atom. The third-order valence-electron chi connectivity index (χ3n) is 7.55. The van der Waals surface area contributed by atoms with Crippen molar-refractivity contribution in [3.8, 4) is 11.5 Å². The SMILES string of the molecule is CCOC(=O)C1=C(C)N=c2s/c(=C\c3ccc(OCc4cccc5ccccc45)c(OCC)c3)c(=O)n2[C@H]1c1ccccc1Cl. The summed E-state index contributed by atoms with van der Waals surface area (Å²) in [7, 11) is 0. The zero-order valence-electron chi connectivity index (χ0n) is 25.1. The van der Waals surface area contributed by atoms with Gasteiger partial charge in [0.05, 0.1) is 29.0 Å². The molecule has 1 aromatic heterocycles. The first kappa shape index (κ1) is 30.4. The molecule has 0 unspecified atom stereocenters. The number of fused-ring (bicyclic) bond motifs is 2. The van der Waals surface area contributed by atoms with Crippen molar-refractivity contribution in [2.45, 2.75) is 33.4 Å². The Labute approximate surface area is 269 Å². The van der Waals surface area contributed by atoms with Gasteiger partial charge in [0.1, 0.15) is 12.6 Å². The van der Waals surface area contributed by atoms with E-state index in [1.807, 2.05) is 61.5 Å². The number of benzene rings is 4. The maximum Gasteiger partial charge on any atom is 0.338 e. The number of hydrogen-bond donors (Lipinski definition) is 0. The summed E-state index contributed by atoms with van der Waals surface area (Å²) in [6.07, 6.45) is 1.80. The number of carbonyl (C=O) groups is 1. The number of esters is 1. The van der Waals surface area contributed by atoms with E-state index in [2.05, 4.69) is 29.3 Å². The average molecular weight is 639 g/mol. The molecular formula is C36H31ClN2O5S. The molecule has 0 bridgehead atoms. The van der Waals surface area contributed by atoms with Gasteiger partial charge in [-0.05, 0) is 72.5 Å². The Hall–Kier alpha value is -4.66. The molecule has 0 saturated heterocycles. The van der Waals surface area contributed by atoms with Crippen LogP contribution >= 0.6 is 22.9 Å². The van der Waals surface area contributed by atoms with Crippen LogP contribution in [-0.4, -0.2) is 23.8 Å². The van der Waals surface area contributed by atoms with Crippen LogP contribution in [0.5, 0.6) is 11.5 Å². The van der Waals surface area contributed by atoms with Crippen LogP contribution in [0.25, 0.3) is 16.8 Å².